The Labute approximate surface area is 138 Å². The van der Waals surface area contributed by atoms with Crippen LogP contribution in [-0.4, -0.2) is 27.1 Å². The predicted octanol–water partition coefficient (Wildman–Crippen LogP) is 2.85. The molecule has 0 aliphatic heterocycles. The van der Waals surface area contributed by atoms with Crippen molar-refractivity contribution in [2.45, 2.75) is 0 Å². The fraction of sp³-hybridized carbons (Fsp3) is 0.133. The van der Waals surface area contributed by atoms with E-state index in [-0.39, 0.29) is 6.54 Å². The number of hydrogen-bond donors (Lipinski definition) is 1. The van der Waals surface area contributed by atoms with Crippen LogP contribution in [0.2, 0.25) is 0 Å². The number of carbonyl (C=O) groups is 1. The summed E-state index contributed by atoms with van der Waals surface area (Å²) < 4.78 is 25.7. The molecular weight excluding hydrogens is 368 g/mol. The number of amides is 1. The number of anilines is 2. The average molecular weight is 383 g/mol. The van der Waals surface area contributed by atoms with Crippen molar-refractivity contribution < 1.29 is 13.2 Å². The van der Waals surface area contributed by atoms with Crippen LogP contribution in [0, 0.1) is 0 Å². The van der Waals surface area contributed by atoms with Gasteiger partial charge in [0.05, 0.1) is 11.9 Å². The minimum atomic E-state index is -3.57. The summed E-state index contributed by atoms with van der Waals surface area (Å²) in [6.07, 6.45) is 1.07. The molecule has 0 aromatic heterocycles. The number of halogens is 1. The number of para-hydroxylation sites is 1. The Morgan fingerprint density at radius 1 is 1.14 bits per heavy atom. The van der Waals surface area contributed by atoms with Gasteiger partial charge in [-0.2, -0.15) is 0 Å². The third-order valence-corrected chi connectivity index (χ3v) is 4.48. The molecule has 2 aromatic carbocycles. The summed E-state index contributed by atoms with van der Waals surface area (Å²) in [6.45, 7) is -0.288. The lowest BCUT2D eigenvalue weighted by Crippen LogP contribution is -2.37. The molecule has 0 spiro atoms. The number of hydrogen-bond acceptors (Lipinski definition) is 3. The normalized spacial score (nSPS) is 11.0. The van der Waals surface area contributed by atoms with E-state index in [9.17, 15) is 13.2 Å². The molecule has 0 aliphatic carbocycles. The summed E-state index contributed by atoms with van der Waals surface area (Å²) in [5.41, 5.74) is 1.05. The number of nitrogens with zero attached hydrogens (tertiary/aromatic N) is 1. The number of benzene rings is 2. The lowest BCUT2D eigenvalue weighted by Gasteiger charge is -2.22. The molecule has 1 amide bonds. The first-order valence-electron chi connectivity index (χ1n) is 6.44. The second-order valence-electron chi connectivity index (χ2n) is 4.66. The zero-order chi connectivity index (χ0) is 16.2. The molecule has 5 nitrogen and oxygen atoms in total. The van der Waals surface area contributed by atoms with Crippen LogP contribution in [0.3, 0.4) is 0 Å². The molecular formula is C15H15BrN2O3S. The van der Waals surface area contributed by atoms with Gasteiger partial charge in [-0.25, -0.2) is 8.42 Å². The first kappa shape index (κ1) is 16.5. The van der Waals surface area contributed by atoms with Crippen LogP contribution in [0.15, 0.2) is 59.1 Å². The molecule has 0 radical (unpaired) electrons. The molecule has 0 bridgehead atoms. The molecule has 0 atom stereocenters. The summed E-state index contributed by atoms with van der Waals surface area (Å²) in [5, 5.41) is 2.67. The van der Waals surface area contributed by atoms with Gasteiger partial charge in [-0.05, 0) is 30.3 Å². The fourth-order valence-electron chi connectivity index (χ4n) is 1.88. The maximum Gasteiger partial charge on any atom is 0.245 e. The topological polar surface area (TPSA) is 66.5 Å². The summed E-state index contributed by atoms with van der Waals surface area (Å²) in [5.74, 6) is -0.406. The summed E-state index contributed by atoms with van der Waals surface area (Å²) >= 11 is 3.30. The molecule has 0 aliphatic rings. The molecule has 0 saturated heterocycles. The third-order valence-electron chi connectivity index (χ3n) is 2.84. The van der Waals surface area contributed by atoms with E-state index in [0.717, 1.165) is 15.0 Å². The highest BCUT2D eigenvalue weighted by atomic mass is 79.9. The van der Waals surface area contributed by atoms with Crippen molar-refractivity contribution >= 4 is 43.2 Å². The molecule has 2 aromatic rings. The van der Waals surface area contributed by atoms with Gasteiger partial charge in [-0.1, -0.05) is 40.2 Å². The van der Waals surface area contributed by atoms with Crippen molar-refractivity contribution in [1.29, 1.82) is 0 Å². The molecule has 0 heterocycles. The third kappa shape index (κ3) is 4.57. The van der Waals surface area contributed by atoms with Crippen LogP contribution < -0.4 is 9.62 Å². The second kappa shape index (κ2) is 6.93. The van der Waals surface area contributed by atoms with E-state index < -0.39 is 15.9 Å². The van der Waals surface area contributed by atoms with E-state index in [1.807, 2.05) is 6.07 Å². The molecule has 7 heteroatoms. The maximum atomic E-state index is 12.1. The molecule has 2 rings (SSSR count). The highest BCUT2D eigenvalue weighted by Gasteiger charge is 2.21. The Morgan fingerprint density at radius 2 is 1.82 bits per heavy atom. The van der Waals surface area contributed by atoms with E-state index in [1.165, 1.54) is 0 Å². The summed E-state index contributed by atoms with van der Waals surface area (Å²) in [6, 6.07) is 15.7. The smallest absolute Gasteiger partial charge is 0.245 e. The standard InChI is InChI=1S/C15H15BrN2O3S/c1-22(20,21)18(14-9-5-6-12(16)10-14)11-15(19)17-13-7-3-2-4-8-13/h2-10H,11H2,1H3,(H,17,19). The number of rotatable bonds is 5. The zero-order valence-electron chi connectivity index (χ0n) is 11.9. The van der Waals surface area contributed by atoms with Crippen molar-refractivity contribution in [1.82, 2.24) is 0 Å². The summed E-state index contributed by atoms with van der Waals surface area (Å²) in [4.78, 5) is 12.1. The Morgan fingerprint density at radius 3 is 2.41 bits per heavy atom. The van der Waals surface area contributed by atoms with Gasteiger partial charge in [-0.15, -0.1) is 0 Å². The number of sulfonamides is 1. The van der Waals surface area contributed by atoms with Gasteiger partial charge < -0.3 is 5.32 Å². The largest absolute Gasteiger partial charge is 0.325 e. The van der Waals surface area contributed by atoms with Gasteiger partial charge in [0.2, 0.25) is 15.9 Å². The molecule has 0 saturated carbocycles. The Hall–Kier alpha value is -1.86. The van der Waals surface area contributed by atoms with E-state index in [4.69, 9.17) is 0 Å². The molecule has 1 N–H and O–H groups in total. The Kier molecular flexibility index (Phi) is 5.20. The van der Waals surface area contributed by atoms with Crippen LogP contribution in [0.5, 0.6) is 0 Å². The highest BCUT2D eigenvalue weighted by Crippen LogP contribution is 2.22. The van der Waals surface area contributed by atoms with Gasteiger partial charge in [0.25, 0.3) is 0 Å². The van der Waals surface area contributed by atoms with Gasteiger partial charge in [-0.3, -0.25) is 9.10 Å². The van der Waals surface area contributed by atoms with Crippen molar-refractivity contribution in [2.24, 2.45) is 0 Å². The molecule has 0 unspecified atom stereocenters. The first-order valence-corrected chi connectivity index (χ1v) is 9.08. The average Bonchev–Trinajstić information content (AvgIpc) is 2.44. The lowest BCUT2D eigenvalue weighted by atomic mass is 10.3. The van der Waals surface area contributed by atoms with Gasteiger partial charge >= 0.3 is 0 Å². The van der Waals surface area contributed by atoms with Crippen LogP contribution in [-0.2, 0) is 14.8 Å². The van der Waals surface area contributed by atoms with Crippen molar-refractivity contribution in [3.05, 3.63) is 59.1 Å². The first-order chi connectivity index (χ1) is 10.4. The van der Waals surface area contributed by atoms with E-state index >= 15 is 0 Å². The summed E-state index contributed by atoms with van der Waals surface area (Å²) in [7, 11) is -3.57. The number of nitrogens with one attached hydrogen (secondary N) is 1. The highest BCUT2D eigenvalue weighted by molar-refractivity contribution is 9.10. The Balaban J connectivity index is 2.19. The monoisotopic (exact) mass is 382 g/mol. The van der Waals surface area contributed by atoms with Crippen molar-refractivity contribution in [3.63, 3.8) is 0 Å². The zero-order valence-corrected chi connectivity index (χ0v) is 14.3. The van der Waals surface area contributed by atoms with E-state index in [2.05, 4.69) is 21.2 Å². The van der Waals surface area contributed by atoms with Crippen molar-refractivity contribution in [2.75, 3.05) is 22.4 Å². The molecule has 22 heavy (non-hydrogen) atoms. The van der Waals surface area contributed by atoms with Crippen LogP contribution in [0.1, 0.15) is 0 Å². The van der Waals surface area contributed by atoms with Gasteiger partial charge in [0.15, 0.2) is 0 Å². The van der Waals surface area contributed by atoms with Crippen molar-refractivity contribution in [3.8, 4) is 0 Å². The minimum Gasteiger partial charge on any atom is -0.325 e. The maximum absolute atomic E-state index is 12.1. The number of carbonyl (C=O) groups excluding carboxylic acids is 1. The molecule has 116 valence electrons. The van der Waals surface area contributed by atoms with Gasteiger partial charge in [0, 0.05) is 10.2 Å². The molecule has 0 fully saturated rings. The minimum absolute atomic E-state index is 0.288. The fourth-order valence-corrected chi connectivity index (χ4v) is 3.12. The lowest BCUT2D eigenvalue weighted by molar-refractivity contribution is -0.114. The SMILES string of the molecule is CS(=O)(=O)N(CC(=O)Nc1ccccc1)c1cccc(Br)c1. The van der Waals surface area contributed by atoms with E-state index in [1.54, 1.807) is 48.5 Å². The predicted molar refractivity (Wildman–Crippen MR) is 91.4 cm³/mol. The van der Waals surface area contributed by atoms with Crippen LogP contribution in [0.25, 0.3) is 0 Å². The van der Waals surface area contributed by atoms with Crippen LogP contribution >= 0.6 is 15.9 Å². The second-order valence-corrected chi connectivity index (χ2v) is 7.49. The van der Waals surface area contributed by atoms with Crippen LogP contribution in [0.4, 0.5) is 11.4 Å². The Bertz CT molecular complexity index is 763. The van der Waals surface area contributed by atoms with E-state index in [0.29, 0.717) is 11.4 Å². The van der Waals surface area contributed by atoms with Gasteiger partial charge in [0.1, 0.15) is 6.54 Å². The quantitative estimate of drug-likeness (QED) is 0.864.